The number of nitrogens with one attached hydrogen (secondary N) is 1. The Morgan fingerprint density at radius 1 is 1.26 bits per heavy atom. The number of pyridine rings is 1. The van der Waals surface area contributed by atoms with Gasteiger partial charge in [-0.15, -0.1) is 16.4 Å². The number of carbonyl (C=O) groups is 1. The zero-order valence-corrected chi connectivity index (χ0v) is 22.7. The van der Waals surface area contributed by atoms with E-state index in [0.29, 0.717) is 17.8 Å². The molecule has 1 saturated carbocycles. The highest BCUT2D eigenvalue weighted by molar-refractivity contribution is 7.17. The van der Waals surface area contributed by atoms with Crippen LogP contribution in [0.3, 0.4) is 0 Å². The van der Waals surface area contributed by atoms with Crippen molar-refractivity contribution in [1.29, 1.82) is 0 Å². The number of piperazine rings is 1. The zero-order valence-electron chi connectivity index (χ0n) is 21.1. The van der Waals surface area contributed by atoms with Gasteiger partial charge in [-0.25, -0.2) is 9.97 Å². The second-order valence-electron chi connectivity index (χ2n) is 9.49. The predicted molar refractivity (Wildman–Crippen MR) is 149 cm³/mol. The molecule has 0 aromatic carbocycles. The lowest BCUT2D eigenvalue weighted by Crippen LogP contribution is -2.52. The second kappa shape index (κ2) is 11.1. The van der Waals surface area contributed by atoms with Crippen LogP contribution in [0.1, 0.15) is 25.3 Å². The number of nitrogen functional groups attached to an aromatic ring is 1. The average Bonchev–Trinajstić information content (AvgIpc) is 3.54. The van der Waals surface area contributed by atoms with Crippen LogP contribution in [0.2, 0.25) is 5.28 Å². The number of thiophene rings is 1. The molecule has 2 fully saturated rings. The van der Waals surface area contributed by atoms with Crippen molar-refractivity contribution in [2.75, 3.05) is 42.1 Å². The largest absolute Gasteiger partial charge is 0.483 e. The van der Waals surface area contributed by atoms with Crippen LogP contribution >= 0.6 is 22.9 Å². The average molecular weight is 557 g/mol. The van der Waals surface area contributed by atoms with Gasteiger partial charge in [0.1, 0.15) is 5.82 Å². The molecule has 1 saturated heterocycles. The van der Waals surface area contributed by atoms with Crippen molar-refractivity contribution in [3.8, 4) is 5.82 Å². The molecule has 0 spiro atoms. The maximum atomic E-state index is 8.36. The lowest BCUT2D eigenvalue weighted by molar-refractivity contribution is -0.122. The van der Waals surface area contributed by atoms with Crippen LogP contribution in [0, 0.1) is 12.8 Å². The summed E-state index contributed by atoms with van der Waals surface area (Å²) in [6.45, 7) is 8.36. The number of rotatable bonds is 6. The predicted octanol–water partition coefficient (Wildman–Crippen LogP) is 3.58. The Morgan fingerprint density at radius 2 is 2.05 bits per heavy atom. The Balaban J connectivity index is 0.000000937. The molecule has 0 radical (unpaired) electrons. The Bertz CT molecular complexity index is 1420. The fraction of sp³-hybridized carbons (Fsp3) is 0.417. The van der Waals surface area contributed by atoms with Crippen LogP contribution in [0.5, 0.6) is 0 Å². The first-order chi connectivity index (χ1) is 18.4. The van der Waals surface area contributed by atoms with E-state index in [0.717, 1.165) is 52.8 Å². The van der Waals surface area contributed by atoms with Gasteiger partial charge in [-0.1, -0.05) is 0 Å². The van der Waals surface area contributed by atoms with Crippen LogP contribution in [-0.2, 0) is 4.79 Å². The summed E-state index contributed by atoms with van der Waals surface area (Å²) in [6.07, 6.45) is 4.59. The standard InChI is InChI=1S/C23H27ClN10S.CH2O2/c1-13-12-35-19-18(13)28-21(24)29-20(19)34-22(25)30-23(31-34)27-16-5-6-17(26-9-16)33-8-7-32(14(2)10-33)11-15-3-4-15;2-1-3/h5-6,9,12,14-15H,3-4,7-8,10-11H2,1-2H3,(H3,25,27,30,31);1H,(H,2,3). The number of anilines is 4. The van der Waals surface area contributed by atoms with E-state index in [1.54, 1.807) is 6.20 Å². The highest BCUT2D eigenvalue weighted by Gasteiger charge is 2.30. The van der Waals surface area contributed by atoms with E-state index in [2.05, 4.69) is 47.1 Å². The van der Waals surface area contributed by atoms with E-state index in [1.807, 2.05) is 24.4 Å². The molecule has 2 aliphatic rings. The molecule has 14 heteroatoms. The number of fused-ring (bicyclic) bond motifs is 1. The summed E-state index contributed by atoms with van der Waals surface area (Å²) < 4.78 is 2.34. The van der Waals surface area contributed by atoms with Crippen molar-refractivity contribution in [1.82, 2.24) is 34.6 Å². The summed E-state index contributed by atoms with van der Waals surface area (Å²) in [5.74, 6) is 2.98. The van der Waals surface area contributed by atoms with Crippen molar-refractivity contribution in [2.45, 2.75) is 32.7 Å². The van der Waals surface area contributed by atoms with Crippen molar-refractivity contribution >= 4 is 63.0 Å². The van der Waals surface area contributed by atoms with Gasteiger partial charge in [0.2, 0.25) is 17.2 Å². The van der Waals surface area contributed by atoms with E-state index in [9.17, 15) is 0 Å². The number of hydrogen-bond acceptors (Lipinski definition) is 11. The van der Waals surface area contributed by atoms with E-state index < -0.39 is 0 Å². The number of aryl methyl sites for hydroxylation is 1. The molecule has 6 rings (SSSR count). The third-order valence-corrected chi connectivity index (χ3v) is 7.92. The summed E-state index contributed by atoms with van der Waals surface area (Å²) >= 11 is 7.68. The minimum absolute atomic E-state index is 0.140. The van der Waals surface area contributed by atoms with Crippen LogP contribution in [0.4, 0.5) is 23.4 Å². The highest BCUT2D eigenvalue weighted by Crippen LogP contribution is 2.32. The third-order valence-electron chi connectivity index (χ3n) is 6.66. The third kappa shape index (κ3) is 5.64. The summed E-state index contributed by atoms with van der Waals surface area (Å²) in [6, 6.07) is 4.56. The maximum Gasteiger partial charge on any atom is 0.290 e. The minimum atomic E-state index is -0.250. The molecule has 0 amide bonds. The quantitative estimate of drug-likeness (QED) is 0.236. The van der Waals surface area contributed by atoms with Crippen molar-refractivity contribution in [3.63, 3.8) is 0 Å². The van der Waals surface area contributed by atoms with Gasteiger partial charge in [-0.05, 0) is 67.3 Å². The molecule has 5 heterocycles. The number of hydrogen-bond donors (Lipinski definition) is 3. The smallest absolute Gasteiger partial charge is 0.290 e. The SMILES string of the molecule is Cc1csc2c(-n3nc(Nc4ccc(N5CCN(CC6CC6)C(C)C5)nc4)nc3N)nc(Cl)nc12.O=CO. The Morgan fingerprint density at radius 3 is 2.74 bits per heavy atom. The Kier molecular flexibility index (Phi) is 7.58. The monoisotopic (exact) mass is 556 g/mol. The Hall–Kier alpha value is -3.55. The van der Waals surface area contributed by atoms with Gasteiger partial charge in [0.25, 0.3) is 6.47 Å². The summed E-state index contributed by atoms with van der Waals surface area (Å²) in [4.78, 5) is 31.1. The molecule has 12 nitrogen and oxygen atoms in total. The van der Waals surface area contributed by atoms with E-state index in [1.165, 1.54) is 35.4 Å². The molecule has 200 valence electrons. The van der Waals surface area contributed by atoms with E-state index in [4.69, 9.17) is 27.2 Å². The molecule has 1 aliphatic carbocycles. The molecule has 1 aliphatic heterocycles. The molecule has 4 aromatic rings. The highest BCUT2D eigenvalue weighted by atomic mass is 35.5. The minimum Gasteiger partial charge on any atom is -0.483 e. The van der Waals surface area contributed by atoms with Crippen LogP contribution in [0.25, 0.3) is 16.0 Å². The van der Waals surface area contributed by atoms with Crippen LogP contribution in [-0.4, -0.2) is 78.4 Å². The van der Waals surface area contributed by atoms with Crippen LogP contribution in [0.15, 0.2) is 23.7 Å². The van der Waals surface area contributed by atoms with Crippen molar-refractivity contribution in [3.05, 3.63) is 34.6 Å². The fourth-order valence-electron chi connectivity index (χ4n) is 4.55. The van der Waals surface area contributed by atoms with Gasteiger partial charge < -0.3 is 21.1 Å². The number of aromatic nitrogens is 6. The van der Waals surface area contributed by atoms with Gasteiger partial charge in [0.15, 0.2) is 5.82 Å². The zero-order chi connectivity index (χ0) is 26.8. The first-order valence-electron chi connectivity index (χ1n) is 12.3. The van der Waals surface area contributed by atoms with Gasteiger partial charge >= 0.3 is 0 Å². The van der Waals surface area contributed by atoms with Gasteiger partial charge in [-0.3, -0.25) is 9.69 Å². The summed E-state index contributed by atoms with van der Waals surface area (Å²) in [5.41, 5.74) is 8.77. The summed E-state index contributed by atoms with van der Waals surface area (Å²) in [7, 11) is 0. The molecule has 1 atom stereocenters. The topological polar surface area (TPSA) is 151 Å². The van der Waals surface area contributed by atoms with Crippen LogP contribution < -0.4 is 16.0 Å². The molecule has 1 unspecified atom stereocenters. The Labute approximate surface area is 228 Å². The number of carboxylic acid groups (broad SMARTS) is 1. The fourth-order valence-corrected chi connectivity index (χ4v) is 5.68. The molecule has 38 heavy (non-hydrogen) atoms. The molecule has 4 N–H and O–H groups in total. The number of nitrogens with two attached hydrogens (primary N) is 1. The van der Waals surface area contributed by atoms with Gasteiger partial charge in [-0.2, -0.15) is 14.6 Å². The maximum absolute atomic E-state index is 8.36. The van der Waals surface area contributed by atoms with E-state index >= 15 is 0 Å². The second-order valence-corrected chi connectivity index (χ2v) is 10.7. The molecular weight excluding hydrogens is 528 g/mol. The van der Waals surface area contributed by atoms with Gasteiger partial charge in [0, 0.05) is 32.2 Å². The first-order valence-corrected chi connectivity index (χ1v) is 13.6. The first kappa shape index (κ1) is 26.1. The number of halogens is 1. The van der Waals surface area contributed by atoms with Gasteiger partial charge in [0.05, 0.1) is 22.1 Å². The normalized spacial score (nSPS) is 17.8. The lowest BCUT2D eigenvalue weighted by atomic mass is 10.1. The summed E-state index contributed by atoms with van der Waals surface area (Å²) in [5, 5.41) is 16.7. The lowest BCUT2D eigenvalue weighted by Gasteiger charge is -2.40. The molecular formula is C24H29ClN10O2S. The number of nitrogens with zero attached hydrogens (tertiary/aromatic N) is 8. The molecule has 4 aromatic heterocycles. The van der Waals surface area contributed by atoms with E-state index in [-0.39, 0.29) is 17.7 Å². The van der Waals surface area contributed by atoms with Crippen molar-refractivity contribution in [2.24, 2.45) is 5.92 Å². The van der Waals surface area contributed by atoms with Crippen molar-refractivity contribution < 1.29 is 9.90 Å². The molecule has 0 bridgehead atoms.